The lowest BCUT2D eigenvalue weighted by Gasteiger charge is -2.27. The van der Waals surface area contributed by atoms with E-state index in [1.807, 2.05) is 24.3 Å². The third kappa shape index (κ3) is 13.9. The smallest absolute Gasteiger partial charge is 0.0468 e. The average Bonchev–Trinajstić information content (AvgIpc) is 0.778. The maximum Gasteiger partial charge on any atom is 0.0468 e. The Morgan fingerprint density at radius 2 is 0.469 bits per heavy atom. The van der Waals surface area contributed by atoms with Crippen molar-refractivity contribution in [2.24, 2.45) is 0 Å². The van der Waals surface area contributed by atoms with Crippen molar-refractivity contribution in [3.63, 3.8) is 0 Å². The molecule has 17 aromatic carbocycles. The SMILES string of the molecule is C.Ic1ccc2c(ccc3ccccc32)c1.Nc1ccc(-c2cc(-c3ccccc3)cc(-c3ccccc3)c2)cc1.[B][B].[HH].c1ccc(-c2cc(-c3ccccc3)cc(-c3ccc(N(c4ccc5c(ccc6ccccc65)c4)c4ccc5c(ccc6ccccc65)c4)cc3)c2)cc1. The Kier molecular flexibility index (Phi) is 19.4. The van der Waals surface area contributed by atoms with Gasteiger partial charge in [-0.05, 0) is 251 Å². The van der Waals surface area contributed by atoms with Crippen molar-refractivity contribution >= 4 is 125 Å². The van der Waals surface area contributed by atoms with Crippen LogP contribution in [-0.4, -0.2) is 15.5 Å². The van der Waals surface area contributed by atoms with E-state index in [-0.39, 0.29) is 8.85 Å². The minimum absolute atomic E-state index is 0. The number of hydrogen-bond acceptors (Lipinski definition) is 2. The Hall–Kier alpha value is -11.2. The lowest BCUT2D eigenvalue weighted by molar-refractivity contribution is 1.29. The van der Waals surface area contributed by atoms with Gasteiger partial charge in [0.05, 0.1) is 0 Å². The summed E-state index contributed by atoms with van der Waals surface area (Å²) in [7, 11) is 8.00. The molecule has 0 spiro atoms. The molecule has 5 heteroatoms. The first kappa shape index (κ1) is 63.5. The number of anilines is 4. The van der Waals surface area contributed by atoms with Gasteiger partial charge in [-0.1, -0.05) is 280 Å². The Morgan fingerprint density at radius 1 is 0.219 bits per heavy atom. The number of fused-ring (bicyclic) bond motifs is 9. The van der Waals surface area contributed by atoms with Gasteiger partial charge in [-0.3, -0.25) is 0 Å². The summed E-state index contributed by atoms with van der Waals surface area (Å²) in [5.74, 6) is 0. The summed E-state index contributed by atoms with van der Waals surface area (Å²) in [5.41, 5.74) is 24.4. The molecular weight excluding hydrogens is 1270 g/mol. The van der Waals surface area contributed by atoms with Crippen LogP contribution in [0.4, 0.5) is 22.7 Å². The molecule has 0 aliphatic carbocycles. The zero-order valence-electron chi connectivity index (χ0n) is 52.3. The molecule has 0 aromatic heterocycles. The molecule has 0 unspecified atom stereocenters. The summed E-state index contributed by atoms with van der Waals surface area (Å²) in [4.78, 5) is 2.39. The van der Waals surface area contributed by atoms with Crippen LogP contribution in [-0.2, 0) is 0 Å². The van der Waals surface area contributed by atoms with Gasteiger partial charge >= 0.3 is 0 Å². The van der Waals surface area contributed by atoms with E-state index < -0.39 is 0 Å². The monoisotopic (exact) mass is 1340 g/mol. The van der Waals surface area contributed by atoms with E-state index >= 15 is 0 Å². The van der Waals surface area contributed by atoms with Gasteiger partial charge in [0.15, 0.2) is 0 Å². The topological polar surface area (TPSA) is 29.3 Å². The summed E-state index contributed by atoms with van der Waals surface area (Å²) in [6, 6.07) is 133. The van der Waals surface area contributed by atoms with Crippen molar-refractivity contribution < 1.29 is 1.43 Å². The molecule has 17 aromatic rings. The van der Waals surface area contributed by atoms with E-state index in [1.54, 1.807) is 0 Å². The van der Waals surface area contributed by atoms with Gasteiger partial charge in [0.2, 0.25) is 0 Å². The van der Waals surface area contributed by atoms with Crippen LogP contribution in [0.15, 0.2) is 370 Å². The third-order valence-corrected chi connectivity index (χ3v) is 18.3. The van der Waals surface area contributed by atoms with E-state index in [2.05, 4.69) is 389 Å². The molecule has 0 heterocycles. The van der Waals surface area contributed by atoms with E-state index in [0.717, 1.165) is 22.7 Å². The summed E-state index contributed by atoms with van der Waals surface area (Å²) < 4.78 is 1.29. The fraction of sp³-hybridized carbons (Fsp3) is 0.0110. The molecule has 0 fully saturated rings. The van der Waals surface area contributed by atoms with E-state index in [0.29, 0.717) is 0 Å². The van der Waals surface area contributed by atoms with E-state index in [1.165, 1.54) is 135 Å². The second kappa shape index (κ2) is 29.4. The second-order valence-corrected chi connectivity index (χ2v) is 24.8. The van der Waals surface area contributed by atoms with Crippen molar-refractivity contribution in [3.05, 3.63) is 374 Å². The highest BCUT2D eigenvalue weighted by Crippen LogP contribution is 2.42. The van der Waals surface area contributed by atoms with Gasteiger partial charge in [0.25, 0.3) is 0 Å². The highest BCUT2D eigenvalue weighted by molar-refractivity contribution is 14.1. The van der Waals surface area contributed by atoms with Crippen LogP contribution in [0.25, 0.3) is 131 Å². The van der Waals surface area contributed by atoms with Gasteiger partial charge in [0, 0.05) is 43.2 Å². The second-order valence-electron chi connectivity index (χ2n) is 23.6. The van der Waals surface area contributed by atoms with Crippen LogP contribution >= 0.6 is 22.6 Å². The predicted octanol–water partition coefficient (Wildman–Crippen LogP) is 25.8. The zero-order valence-corrected chi connectivity index (χ0v) is 54.4. The first-order valence-corrected chi connectivity index (χ1v) is 33.0. The van der Waals surface area contributed by atoms with Crippen molar-refractivity contribution in [2.45, 2.75) is 7.43 Å². The molecule has 96 heavy (non-hydrogen) atoms. The predicted molar refractivity (Wildman–Crippen MR) is 429 cm³/mol. The van der Waals surface area contributed by atoms with Crippen LogP contribution in [0, 0.1) is 3.57 Å². The molecule has 2 N–H and O–H groups in total. The molecule has 0 aliphatic heterocycles. The fourth-order valence-corrected chi connectivity index (χ4v) is 13.5. The van der Waals surface area contributed by atoms with Crippen LogP contribution in [0.1, 0.15) is 8.85 Å². The molecule has 0 saturated heterocycles. The van der Waals surface area contributed by atoms with Crippen LogP contribution in [0.5, 0.6) is 0 Å². The van der Waals surface area contributed by atoms with Gasteiger partial charge < -0.3 is 10.6 Å². The van der Waals surface area contributed by atoms with Crippen LogP contribution in [0.3, 0.4) is 0 Å². The Bertz CT molecular complexity index is 5290. The van der Waals surface area contributed by atoms with Gasteiger partial charge in [0.1, 0.15) is 0 Å². The molecule has 0 saturated carbocycles. The molecule has 0 bridgehead atoms. The van der Waals surface area contributed by atoms with Crippen LogP contribution < -0.4 is 10.6 Å². The van der Waals surface area contributed by atoms with Crippen molar-refractivity contribution in [2.75, 3.05) is 10.6 Å². The highest BCUT2D eigenvalue weighted by atomic mass is 127. The summed E-state index contributed by atoms with van der Waals surface area (Å²) in [6.07, 6.45) is 0. The molecule has 0 atom stereocenters. The molecule has 456 valence electrons. The van der Waals surface area contributed by atoms with Gasteiger partial charge in [-0.15, -0.1) is 0 Å². The van der Waals surface area contributed by atoms with Gasteiger partial charge in [-0.2, -0.15) is 0 Å². The third-order valence-electron chi connectivity index (χ3n) is 17.7. The number of halogens is 1. The lowest BCUT2D eigenvalue weighted by Crippen LogP contribution is -2.10. The normalized spacial score (nSPS) is 10.8. The number of benzene rings is 17. The summed E-state index contributed by atoms with van der Waals surface area (Å²) in [5, 5.41) is 15.4. The number of nitrogen functional groups attached to an aromatic ring is 1. The molecule has 0 aliphatic rings. The molecule has 0 amide bonds. The first-order valence-electron chi connectivity index (χ1n) is 31.9. The lowest BCUT2D eigenvalue weighted by atomic mass is 9.81. The number of rotatable bonds is 9. The standard InChI is InChI=1S/C52H35N.C24H19N.C14H9I.CH4.B2.H2/c1-3-11-36(12-4-1)43-31-44(37-13-5-2-6-14-37)33-45(32-43)38-23-25-46(26-24-38)53(47-27-29-51-41(34-47)21-19-39-15-7-9-17-49(39)51)48-28-30-52-42(35-48)22-20-40-16-8-10-18-50(40)52;25-24-13-11-20(12-14-24)23-16-21(18-7-3-1-4-8-18)15-22(17-23)19-9-5-2-6-10-19;15-12-7-8-14-11(9-12)6-5-10-3-1-2-4-13(10)14;;1-2;/h1-35H;1-17H,25H2;1-9H;1H4;;1H. The minimum Gasteiger partial charge on any atom is -0.399 e. The average molecular weight is 1340 g/mol. The first-order chi connectivity index (χ1) is 46.9. The van der Waals surface area contributed by atoms with E-state index in [9.17, 15) is 0 Å². The van der Waals surface area contributed by atoms with Crippen molar-refractivity contribution in [1.82, 2.24) is 0 Å². The summed E-state index contributed by atoms with van der Waals surface area (Å²) in [6.45, 7) is 0. The minimum atomic E-state index is 0. The quantitative estimate of drug-likeness (QED) is 0.0675. The maximum absolute atomic E-state index is 5.85. The molecule has 17 rings (SSSR count). The Labute approximate surface area is 581 Å². The number of nitrogens with zero attached hydrogens (tertiary/aromatic N) is 1. The van der Waals surface area contributed by atoms with Crippen molar-refractivity contribution in [1.29, 1.82) is 0 Å². The molecular formula is C91H69B2IN2. The number of hydrogen-bond donors (Lipinski definition) is 1. The highest BCUT2D eigenvalue weighted by Gasteiger charge is 2.17. The van der Waals surface area contributed by atoms with Gasteiger partial charge in [-0.25, -0.2) is 0 Å². The maximum atomic E-state index is 5.85. The van der Waals surface area contributed by atoms with Crippen LogP contribution in [0.2, 0.25) is 0 Å². The fourth-order valence-electron chi connectivity index (χ4n) is 13.0. The molecule has 4 radical (unpaired) electrons. The zero-order chi connectivity index (χ0) is 64.5. The Balaban J connectivity index is 0.000000167. The van der Waals surface area contributed by atoms with Crippen molar-refractivity contribution in [3.8, 4) is 66.8 Å². The largest absolute Gasteiger partial charge is 0.399 e. The summed E-state index contributed by atoms with van der Waals surface area (Å²) >= 11 is 2.35. The number of nitrogens with two attached hydrogens (primary N) is 1. The van der Waals surface area contributed by atoms with E-state index in [4.69, 9.17) is 5.73 Å². The molecule has 2 nitrogen and oxygen atoms in total. The Morgan fingerprint density at radius 3 is 0.812 bits per heavy atom.